The van der Waals surface area contributed by atoms with Crippen molar-refractivity contribution < 1.29 is 4.42 Å². The molecule has 0 amide bonds. The summed E-state index contributed by atoms with van der Waals surface area (Å²) in [5.41, 5.74) is 0.881. The Morgan fingerprint density at radius 3 is 3.16 bits per heavy atom. The van der Waals surface area contributed by atoms with Gasteiger partial charge in [0.25, 0.3) is 0 Å². The average molecular weight is 260 g/mol. The van der Waals surface area contributed by atoms with Gasteiger partial charge >= 0.3 is 0 Å². The van der Waals surface area contributed by atoms with Crippen LogP contribution in [0.1, 0.15) is 0 Å². The van der Waals surface area contributed by atoms with Crippen LogP contribution in [0.2, 0.25) is 0 Å². The topological polar surface area (TPSA) is 44.5 Å². The quantitative estimate of drug-likeness (QED) is 0.905. The molecule has 0 bridgehead atoms. The average Bonchev–Trinajstić information content (AvgIpc) is 2.88. The first-order chi connectivity index (χ1) is 9.24. The van der Waals surface area contributed by atoms with Crippen LogP contribution in [0.3, 0.4) is 0 Å². The first kappa shape index (κ1) is 12.4. The van der Waals surface area contributed by atoms with E-state index < -0.39 is 0 Å². The monoisotopic (exact) mass is 260 g/mol. The van der Waals surface area contributed by atoms with Crippen molar-refractivity contribution in [2.45, 2.75) is 6.04 Å². The van der Waals surface area contributed by atoms with Crippen molar-refractivity contribution in [2.24, 2.45) is 0 Å². The van der Waals surface area contributed by atoms with Gasteiger partial charge in [-0.25, -0.2) is 4.98 Å². The summed E-state index contributed by atoms with van der Waals surface area (Å²) in [6.07, 6.45) is 3.49. The van der Waals surface area contributed by atoms with Crippen LogP contribution < -0.4 is 5.32 Å². The third-order valence-electron chi connectivity index (χ3n) is 3.87. The minimum atomic E-state index is 0.516. The maximum Gasteiger partial charge on any atom is 0.139 e. The molecule has 1 N–H and O–H groups in total. The van der Waals surface area contributed by atoms with E-state index in [0.717, 1.165) is 43.0 Å². The predicted octanol–water partition coefficient (Wildman–Crippen LogP) is 1.49. The van der Waals surface area contributed by atoms with Crippen molar-refractivity contribution in [3.8, 4) is 0 Å². The molecule has 102 valence electrons. The Morgan fingerprint density at radius 1 is 1.37 bits per heavy atom. The van der Waals surface area contributed by atoms with Crippen LogP contribution in [-0.4, -0.2) is 61.1 Å². The number of nitrogens with one attached hydrogen (secondary N) is 1. The Bertz CT molecular complexity index is 553. The van der Waals surface area contributed by atoms with Gasteiger partial charge in [0.05, 0.1) is 11.6 Å². The molecule has 0 radical (unpaired) electrons. The molecule has 5 nitrogen and oxygen atoms in total. The number of likely N-dealkylation sites (N-methyl/N-ethyl adjacent to an activating group) is 2. The summed E-state index contributed by atoms with van der Waals surface area (Å²) in [6, 6.07) is 4.37. The lowest BCUT2D eigenvalue weighted by Crippen LogP contribution is -2.52. The first-order valence-corrected chi connectivity index (χ1v) is 6.69. The zero-order chi connectivity index (χ0) is 13.2. The first-order valence-electron chi connectivity index (χ1n) is 6.69. The maximum absolute atomic E-state index is 5.39. The highest BCUT2D eigenvalue weighted by Gasteiger charge is 2.22. The lowest BCUT2D eigenvalue weighted by atomic mass is 10.2. The maximum atomic E-state index is 5.39. The van der Waals surface area contributed by atoms with Crippen molar-refractivity contribution in [2.75, 3.05) is 45.6 Å². The molecular weight excluding hydrogens is 240 g/mol. The predicted molar refractivity (Wildman–Crippen MR) is 76.4 cm³/mol. The fraction of sp³-hybridized carbons (Fsp3) is 0.500. The second kappa shape index (κ2) is 5.19. The number of pyridine rings is 1. The highest BCUT2D eigenvalue weighted by Crippen LogP contribution is 2.21. The molecule has 5 heteroatoms. The van der Waals surface area contributed by atoms with Crippen LogP contribution in [0.5, 0.6) is 0 Å². The second-order valence-electron chi connectivity index (χ2n) is 5.27. The normalized spacial score (nSPS) is 21.9. The van der Waals surface area contributed by atoms with Gasteiger partial charge in [-0.05, 0) is 26.2 Å². The van der Waals surface area contributed by atoms with Gasteiger partial charge in [0.2, 0.25) is 0 Å². The Kier molecular flexibility index (Phi) is 3.40. The van der Waals surface area contributed by atoms with Crippen LogP contribution in [0, 0.1) is 0 Å². The van der Waals surface area contributed by atoms with Crippen LogP contribution in [0.4, 0.5) is 5.82 Å². The molecule has 1 unspecified atom stereocenters. The highest BCUT2D eigenvalue weighted by molar-refractivity contribution is 5.87. The molecule has 0 aromatic carbocycles. The Labute approximate surface area is 113 Å². The summed E-state index contributed by atoms with van der Waals surface area (Å²) in [5, 5.41) is 4.51. The SMILES string of the molecule is CN1CCN(C)C(CNc2nccc3occc23)C1. The summed E-state index contributed by atoms with van der Waals surface area (Å²) in [6.45, 7) is 4.25. The van der Waals surface area contributed by atoms with Crippen molar-refractivity contribution in [1.82, 2.24) is 14.8 Å². The van der Waals surface area contributed by atoms with Crippen molar-refractivity contribution in [1.29, 1.82) is 0 Å². The van der Waals surface area contributed by atoms with Crippen molar-refractivity contribution >= 4 is 16.8 Å². The van der Waals surface area contributed by atoms with Gasteiger partial charge < -0.3 is 14.6 Å². The van der Waals surface area contributed by atoms with Gasteiger partial charge in [0.15, 0.2) is 0 Å². The molecule has 0 saturated carbocycles. The van der Waals surface area contributed by atoms with E-state index in [2.05, 4.69) is 34.2 Å². The fourth-order valence-corrected chi connectivity index (χ4v) is 2.57. The number of rotatable bonds is 3. The van der Waals surface area contributed by atoms with Gasteiger partial charge in [-0.1, -0.05) is 0 Å². The van der Waals surface area contributed by atoms with E-state index in [9.17, 15) is 0 Å². The minimum absolute atomic E-state index is 0.516. The summed E-state index contributed by atoms with van der Waals surface area (Å²) in [7, 11) is 4.36. The molecule has 19 heavy (non-hydrogen) atoms. The van der Waals surface area contributed by atoms with E-state index in [-0.39, 0.29) is 0 Å². The summed E-state index contributed by atoms with van der Waals surface area (Å²) in [4.78, 5) is 9.18. The Hall–Kier alpha value is -1.59. The molecule has 1 aliphatic rings. The molecule has 1 fully saturated rings. The smallest absolute Gasteiger partial charge is 0.139 e. The van der Waals surface area contributed by atoms with E-state index in [1.54, 1.807) is 12.5 Å². The third kappa shape index (κ3) is 2.57. The highest BCUT2D eigenvalue weighted by atomic mass is 16.3. The minimum Gasteiger partial charge on any atom is -0.464 e. The number of aromatic nitrogens is 1. The molecule has 1 aliphatic heterocycles. The molecule has 3 heterocycles. The summed E-state index contributed by atoms with van der Waals surface area (Å²) >= 11 is 0. The third-order valence-corrected chi connectivity index (χ3v) is 3.87. The summed E-state index contributed by atoms with van der Waals surface area (Å²) < 4.78 is 5.39. The van der Waals surface area contributed by atoms with Gasteiger partial charge in [0, 0.05) is 38.4 Å². The van der Waals surface area contributed by atoms with Crippen LogP contribution in [0.25, 0.3) is 11.0 Å². The van der Waals surface area contributed by atoms with Crippen LogP contribution in [0.15, 0.2) is 29.0 Å². The van der Waals surface area contributed by atoms with Gasteiger partial charge in [0.1, 0.15) is 11.4 Å². The standard InChI is InChI=1S/C14H20N4O/c1-17-6-7-18(2)11(10-17)9-16-14-12-4-8-19-13(12)3-5-15-14/h3-5,8,11H,6-7,9-10H2,1-2H3,(H,15,16). The van der Waals surface area contributed by atoms with E-state index in [4.69, 9.17) is 4.42 Å². The number of furan rings is 1. The van der Waals surface area contributed by atoms with E-state index in [1.165, 1.54) is 0 Å². The van der Waals surface area contributed by atoms with Gasteiger partial charge in [-0.15, -0.1) is 0 Å². The molecular formula is C14H20N4O. The fourth-order valence-electron chi connectivity index (χ4n) is 2.57. The number of anilines is 1. The van der Waals surface area contributed by atoms with E-state index >= 15 is 0 Å². The molecule has 2 aromatic heterocycles. The second-order valence-corrected chi connectivity index (χ2v) is 5.27. The van der Waals surface area contributed by atoms with E-state index in [0.29, 0.717) is 6.04 Å². The molecule has 3 rings (SSSR count). The number of nitrogens with zero attached hydrogens (tertiary/aromatic N) is 3. The largest absolute Gasteiger partial charge is 0.464 e. The van der Waals surface area contributed by atoms with Crippen molar-refractivity contribution in [3.63, 3.8) is 0 Å². The Morgan fingerprint density at radius 2 is 2.26 bits per heavy atom. The van der Waals surface area contributed by atoms with Gasteiger partial charge in [-0.3, -0.25) is 4.90 Å². The van der Waals surface area contributed by atoms with Gasteiger partial charge in [-0.2, -0.15) is 0 Å². The molecule has 0 spiro atoms. The summed E-state index contributed by atoms with van der Waals surface area (Å²) in [5.74, 6) is 0.910. The van der Waals surface area contributed by atoms with Crippen molar-refractivity contribution in [3.05, 3.63) is 24.6 Å². The molecule has 0 aliphatic carbocycles. The van der Waals surface area contributed by atoms with Crippen LogP contribution in [-0.2, 0) is 0 Å². The lowest BCUT2D eigenvalue weighted by molar-refractivity contribution is 0.122. The number of piperazine rings is 1. The zero-order valence-corrected chi connectivity index (χ0v) is 11.5. The Balaban J connectivity index is 1.70. The lowest BCUT2D eigenvalue weighted by Gasteiger charge is -2.37. The van der Waals surface area contributed by atoms with E-state index in [1.807, 2.05) is 12.1 Å². The molecule has 1 atom stereocenters. The number of hydrogen-bond donors (Lipinski definition) is 1. The zero-order valence-electron chi connectivity index (χ0n) is 11.5. The molecule has 2 aromatic rings. The number of fused-ring (bicyclic) bond motifs is 1. The molecule has 1 saturated heterocycles. The number of hydrogen-bond acceptors (Lipinski definition) is 5. The van der Waals surface area contributed by atoms with Crippen LogP contribution >= 0.6 is 0 Å².